The number of halogens is 1. The number of benzene rings is 2. The fourth-order valence-electron chi connectivity index (χ4n) is 2.30. The van der Waals surface area contributed by atoms with Crippen molar-refractivity contribution in [1.82, 2.24) is 5.32 Å². The molecule has 0 fully saturated rings. The van der Waals surface area contributed by atoms with Crippen LogP contribution in [-0.2, 0) is 14.3 Å². The van der Waals surface area contributed by atoms with Gasteiger partial charge < -0.3 is 20.1 Å². The third-order valence-corrected chi connectivity index (χ3v) is 4.20. The largest absolute Gasteiger partial charge is 0.495 e. The van der Waals surface area contributed by atoms with E-state index in [1.807, 2.05) is 19.9 Å². The molecule has 2 rings (SSSR count). The van der Waals surface area contributed by atoms with E-state index in [1.54, 1.807) is 24.3 Å². The summed E-state index contributed by atoms with van der Waals surface area (Å²) in [6.07, 6.45) is 0. The van der Waals surface area contributed by atoms with E-state index in [4.69, 9.17) is 21.1 Å². The molecular formula is C20H21ClN2O5. The van der Waals surface area contributed by atoms with Gasteiger partial charge in [-0.25, -0.2) is 0 Å². The van der Waals surface area contributed by atoms with E-state index < -0.39 is 24.4 Å². The van der Waals surface area contributed by atoms with E-state index in [-0.39, 0.29) is 6.54 Å². The standard InChI is InChI=1S/C20H21ClN2O5/c1-12-4-5-14(8-13(12)2)20(26)22-10-19(25)28-11-18(24)23-16-9-15(21)6-7-17(16)27-3/h4-9H,10-11H2,1-3H3,(H,22,26)(H,23,24). The molecular weight excluding hydrogens is 384 g/mol. The van der Waals surface area contributed by atoms with Gasteiger partial charge in [0.05, 0.1) is 12.8 Å². The molecule has 2 aromatic rings. The molecule has 0 unspecified atom stereocenters. The number of esters is 1. The summed E-state index contributed by atoms with van der Waals surface area (Å²) in [4.78, 5) is 35.8. The van der Waals surface area contributed by atoms with E-state index in [2.05, 4.69) is 10.6 Å². The van der Waals surface area contributed by atoms with E-state index in [1.165, 1.54) is 13.2 Å². The van der Waals surface area contributed by atoms with Crippen LogP contribution in [0, 0.1) is 13.8 Å². The highest BCUT2D eigenvalue weighted by molar-refractivity contribution is 6.31. The molecule has 8 heteroatoms. The van der Waals surface area contributed by atoms with Crippen molar-refractivity contribution in [3.8, 4) is 5.75 Å². The molecule has 28 heavy (non-hydrogen) atoms. The number of rotatable bonds is 7. The Morgan fingerprint density at radius 3 is 2.46 bits per heavy atom. The van der Waals surface area contributed by atoms with Crippen molar-refractivity contribution in [2.75, 3.05) is 25.6 Å². The lowest BCUT2D eigenvalue weighted by Crippen LogP contribution is -2.32. The highest BCUT2D eigenvalue weighted by atomic mass is 35.5. The highest BCUT2D eigenvalue weighted by Gasteiger charge is 2.13. The normalized spacial score (nSPS) is 10.1. The molecule has 0 aromatic heterocycles. The first-order valence-corrected chi connectivity index (χ1v) is 8.82. The first kappa shape index (κ1) is 21.2. The zero-order chi connectivity index (χ0) is 20.7. The quantitative estimate of drug-likeness (QED) is 0.692. The summed E-state index contributed by atoms with van der Waals surface area (Å²) in [5, 5.41) is 5.43. The summed E-state index contributed by atoms with van der Waals surface area (Å²) in [5.41, 5.74) is 2.85. The van der Waals surface area contributed by atoms with E-state index in [0.717, 1.165) is 11.1 Å². The number of hydrogen-bond donors (Lipinski definition) is 2. The van der Waals surface area contributed by atoms with Gasteiger partial charge in [0.25, 0.3) is 11.8 Å². The van der Waals surface area contributed by atoms with Gasteiger partial charge in [0, 0.05) is 10.6 Å². The Balaban J connectivity index is 1.80. The lowest BCUT2D eigenvalue weighted by Gasteiger charge is -2.11. The molecule has 148 valence electrons. The van der Waals surface area contributed by atoms with Crippen LogP contribution in [0.3, 0.4) is 0 Å². The Labute approximate surface area is 168 Å². The summed E-state index contributed by atoms with van der Waals surface area (Å²) >= 11 is 5.89. The second kappa shape index (κ2) is 9.75. The minimum Gasteiger partial charge on any atom is -0.495 e. The Kier molecular flexibility index (Phi) is 7.40. The van der Waals surface area contributed by atoms with Crippen LogP contribution >= 0.6 is 11.6 Å². The number of methoxy groups -OCH3 is 1. The van der Waals surface area contributed by atoms with Crippen LogP contribution in [0.1, 0.15) is 21.5 Å². The Morgan fingerprint density at radius 2 is 1.79 bits per heavy atom. The fraction of sp³-hybridized carbons (Fsp3) is 0.250. The topological polar surface area (TPSA) is 93.7 Å². The van der Waals surface area contributed by atoms with Gasteiger partial charge in [-0.15, -0.1) is 0 Å². The lowest BCUT2D eigenvalue weighted by molar-refractivity contribution is -0.146. The number of ether oxygens (including phenoxy) is 2. The van der Waals surface area contributed by atoms with Crippen molar-refractivity contribution in [2.24, 2.45) is 0 Å². The lowest BCUT2D eigenvalue weighted by atomic mass is 10.1. The highest BCUT2D eigenvalue weighted by Crippen LogP contribution is 2.27. The molecule has 0 bridgehead atoms. The molecule has 0 atom stereocenters. The predicted octanol–water partition coefficient (Wildman–Crippen LogP) is 2.88. The van der Waals surface area contributed by atoms with Crippen LogP contribution in [-0.4, -0.2) is 38.0 Å². The number of nitrogens with one attached hydrogen (secondary N) is 2. The Hall–Kier alpha value is -3.06. The van der Waals surface area contributed by atoms with Crippen LogP contribution in [0.2, 0.25) is 5.02 Å². The van der Waals surface area contributed by atoms with Gasteiger partial charge in [0.1, 0.15) is 12.3 Å². The van der Waals surface area contributed by atoms with Crippen molar-refractivity contribution in [1.29, 1.82) is 0 Å². The molecule has 0 aliphatic carbocycles. The first-order chi connectivity index (χ1) is 13.3. The van der Waals surface area contributed by atoms with Crippen molar-refractivity contribution < 1.29 is 23.9 Å². The summed E-state index contributed by atoms with van der Waals surface area (Å²) < 4.78 is 9.99. The van der Waals surface area contributed by atoms with Crippen molar-refractivity contribution in [3.63, 3.8) is 0 Å². The average Bonchev–Trinajstić information content (AvgIpc) is 2.66. The molecule has 0 saturated carbocycles. The van der Waals surface area contributed by atoms with E-state index in [9.17, 15) is 14.4 Å². The second-order valence-electron chi connectivity index (χ2n) is 6.04. The molecule has 2 N–H and O–H groups in total. The minimum absolute atomic E-state index is 0.348. The van der Waals surface area contributed by atoms with Gasteiger partial charge in [-0.3, -0.25) is 14.4 Å². The number of amides is 2. The molecule has 0 saturated heterocycles. The molecule has 2 aromatic carbocycles. The number of carbonyl (C=O) groups excluding carboxylic acids is 3. The Bertz CT molecular complexity index is 898. The molecule has 0 radical (unpaired) electrons. The SMILES string of the molecule is COc1ccc(Cl)cc1NC(=O)COC(=O)CNC(=O)c1ccc(C)c(C)c1. The zero-order valence-corrected chi connectivity index (χ0v) is 16.6. The van der Waals surface area contributed by atoms with Crippen LogP contribution in [0.25, 0.3) is 0 Å². The van der Waals surface area contributed by atoms with Gasteiger partial charge in [0.15, 0.2) is 6.61 Å². The van der Waals surface area contributed by atoms with Gasteiger partial charge in [0.2, 0.25) is 0 Å². The third-order valence-electron chi connectivity index (χ3n) is 3.96. The average molecular weight is 405 g/mol. The summed E-state index contributed by atoms with van der Waals surface area (Å²) in [5.74, 6) is -1.27. The number of carbonyl (C=O) groups is 3. The molecule has 0 aliphatic heterocycles. The van der Waals surface area contributed by atoms with Crippen LogP contribution in [0.5, 0.6) is 5.75 Å². The molecule has 0 aliphatic rings. The maximum absolute atomic E-state index is 12.1. The van der Waals surface area contributed by atoms with E-state index >= 15 is 0 Å². The van der Waals surface area contributed by atoms with Gasteiger partial charge >= 0.3 is 5.97 Å². The van der Waals surface area contributed by atoms with Crippen LogP contribution in [0.15, 0.2) is 36.4 Å². The third kappa shape index (κ3) is 5.99. The predicted molar refractivity (Wildman–Crippen MR) is 106 cm³/mol. The van der Waals surface area contributed by atoms with Gasteiger partial charge in [-0.05, 0) is 55.3 Å². The van der Waals surface area contributed by atoms with Crippen molar-refractivity contribution >= 4 is 35.1 Å². The number of aryl methyl sites for hydroxylation is 2. The fourth-order valence-corrected chi connectivity index (χ4v) is 2.47. The van der Waals surface area contributed by atoms with Gasteiger partial charge in [-0.2, -0.15) is 0 Å². The molecule has 0 heterocycles. The maximum atomic E-state index is 12.1. The maximum Gasteiger partial charge on any atom is 0.325 e. The minimum atomic E-state index is -0.731. The Morgan fingerprint density at radius 1 is 1.04 bits per heavy atom. The summed E-state index contributed by atoms with van der Waals surface area (Å²) in [6.45, 7) is 2.99. The first-order valence-electron chi connectivity index (χ1n) is 8.44. The van der Waals surface area contributed by atoms with E-state index in [0.29, 0.717) is 22.0 Å². The smallest absolute Gasteiger partial charge is 0.325 e. The summed E-state index contributed by atoms with van der Waals surface area (Å²) in [7, 11) is 1.46. The van der Waals surface area contributed by atoms with Crippen LogP contribution in [0.4, 0.5) is 5.69 Å². The monoisotopic (exact) mass is 404 g/mol. The van der Waals surface area contributed by atoms with Crippen LogP contribution < -0.4 is 15.4 Å². The molecule has 2 amide bonds. The zero-order valence-electron chi connectivity index (χ0n) is 15.8. The van der Waals surface area contributed by atoms with Crippen molar-refractivity contribution in [3.05, 3.63) is 58.1 Å². The molecule has 7 nitrogen and oxygen atoms in total. The number of anilines is 1. The summed E-state index contributed by atoms with van der Waals surface area (Å²) in [6, 6.07) is 9.98. The second-order valence-corrected chi connectivity index (χ2v) is 6.47. The van der Waals surface area contributed by atoms with Gasteiger partial charge in [-0.1, -0.05) is 17.7 Å². The number of hydrogen-bond acceptors (Lipinski definition) is 5. The molecule has 0 spiro atoms. The van der Waals surface area contributed by atoms with Crippen molar-refractivity contribution in [2.45, 2.75) is 13.8 Å².